The van der Waals surface area contributed by atoms with E-state index in [0.29, 0.717) is 6.42 Å². The minimum Gasteiger partial charge on any atom is -0.296 e. The second-order valence-electron chi connectivity index (χ2n) is 7.92. The maximum Gasteiger partial charge on any atom is 0.189 e. The Morgan fingerprint density at radius 3 is 2.77 bits per heavy atom. The largest absolute Gasteiger partial charge is 0.296 e. The fourth-order valence-electron chi connectivity index (χ4n) is 4.21. The summed E-state index contributed by atoms with van der Waals surface area (Å²) in [4.78, 5) is 16.1. The summed E-state index contributed by atoms with van der Waals surface area (Å²) in [6.45, 7) is 5.13. The maximum atomic E-state index is 14.3. The van der Waals surface area contributed by atoms with Crippen LogP contribution in [0, 0.1) is 5.82 Å². The normalized spacial score (nSPS) is 14.6. The first kappa shape index (κ1) is 19.7. The van der Waals surface area contributed by atoms with E-state index < -0.39 is 5.82 Å². The van der Waals surface area contributed by atoms with E-state index >= 15 is 0 Å². The smallest absolute Gasteiger partial charge is 0.189 e. The highest BCUT2D eigenvalue weighted by Gasteiger charge is 2.19. The van der Waals surface area contributed by atoms with Gasteiger partial charge in [-0.15, -0.1) is 5.10 Å². The lowest BCUT2D eigenvalue weighted by molar-refractivity contribution is 0.322. The number of aromatic nitrogens is 7. The van der Waals surface area contributed by atoms with Gasteiger partial charge >= 0.3 is 0 Å². The molecule has 1 aliphatic rings. The number of halogens is 1. The lowest BCUT2D eigenvalue weighted by Crippen LogP contribution is -2.19. The Morgan fingerprint density at radius 2 is 1.97 bits per heavy atom. The molecular formula is C22H25FN8. The summed E-state index contributed by atoms with van der Waals surface area (Å²) >= 11 is 0. The molecule has 1 saturated heterocycles. The van der Waals surface area contributed by atoms with Gasteiger partial charge < -0.3 is 0 Å². The summed E-state index contributed by atoms with van der Waals surface area (Å²) in [5.41, 5.74) is 3.67. The third-order valence-corrected chi connectivity index (χ3v) is 5.69. The number of rotatable bonds is 7. The quantitative estimate of drug-likeness (QED) is 0.457. The molecule has 9 heteroatoms. The summed E-state index contributed by atoms with van der Waals surface area (Å²) in [7, 11) is 0. The van der Waals surface area contributed by atoms with Crippen molar-refractivity contribution in [1.82, 2.24) is 39.2 Å². The number of nitrogens with zero attached hydrogens (tertiary/aromatic N) is 8. The van der Waals surface area contributed by atoms with Crippen molar-refractivity contribution in [1.29, 1.82) is 0 Å². The van der Waals surface area contributed by atoms with E-state index in [4.69, 9.17) is 9.97 Å². The monoisotopic (exact) mass is 420 g/mol. The van der Waals surface area contributed by atoms with Crippen LogP contribution in [0.25, 0.3) is 11.5 Å². The lowest BCUT2D eigenvalue weighted by atomic mass is 10.1. The van der Waals surface area contributed by atoms with Gasteiger partial charge in [-0.25, -0.2) is 28.5 Å². The van der Waals surface area contributed by atoms with Crippen LogP contribution in [-0.2, 0) is 19.4 Å². The van der Waals surface area contributed by atoms with E-state index in [2.05, 4.69) is 27.0 Å². The highest BCUT2D eigenvalue weighted by molar-refractivity contribution is 5.50. The van der Waals surface area contributed by atoms with Crippen molar-refractivity contribution in [2.45, 2.75) is 45.6 Å². The van der Waals surface area contributed by atoms with E-state index in [1.807, 2.05) is 6.07 Å². The number of pyridine rings is 1. The molecule has 0 amide bonds. The Bertz CT molecular complexity index is 1190. The van der Waals surface area contributed by atoms with Crippen LogP contribution in [0.3, 0.4) is 0 Å². The topological polar surface area (TPSA) is 77.0 Å². The third-order valence-electron chi connectivity index (χ3n) is 5.69. The summed E-state index contributed by atoms with van der Waals surface area (Å²) < 4.78 is 17.6. The van der Waals surface area contributed by atoms with Crippen LogP contribution in [-0.4, -0.2) is 52.3 Å². The highest BCUT2D eigenvalue weighted by atomic mass is 19.1. The number of aryl methyl sites for hydroxylation is 1. The average Bonchev–Trinajstić information content (AvgIpc) is 3.52. The number of hydrogen-bond donors (Lipinski definition) is 0. The molecule has 5 heterocycles. The molecule has 0 spiro atoms. The molecule has 0 atom stereocenters. The van der Waals surface area contributed by atoms with Crippen LogP contribution in [0.15, 0.2) is 36.9 Å². The van der Waals surface area contributed by atoms with Crippen LogP contribution in [0.1, 0.15) is 49.0 Å². The summed E-state index contributed by atoms with van der Waals surface area (Å²) in [5.74, 6) is 0.614. The van der Waals surface area contributed by atoms with E-state index in [1.165, 1.54) is 18.9 Å². The molecule has 0 aliphatic carbocycles. The highest BCUT2D eigenvalue weighted by Crippen LogP contribution is 2.21. The van der Waals surface area contributed by atoms with E-state index in [1.54, 1.807) is 34.0 Å². The van der Waals surface area contributed by atoms with Gasteiger partial charge in [-0.05, 0) is 50.6 Å². The van der Waals surface area contributed by atoms with Crippen LogP contribution >= 0.6 is 0 Å². The van der Waals surface area contributed by atoms with E-state index in [0.717, 1.165) is 60.9 Å². The first-order valence-electron chi connectivity index (χ1n) is 10.8. The van der Waals surface area contributed by atoms with Crippen LogP contribution in [0.5, 0.6) is 0 Å². The van der Waals surface area contributed by atoms with Crippen LogP contribution < -0.4 is 0 Å². The van der Waals surface area contributed by atoms with Crippen molar-refractivity contribution in [3.05, 3.63) is 65.5 Å². The van der Waals surface area contributed by atoms with Gasteiger partial charge in [0.25, 0.3) is 0 Å². The van der Waals surface area contributed by atoms with Gasteiger partial charge in [0.15, 0.2) is 23.1 Å². The van der Waals surface area contributed by atoms with Gasteiger partial charge in [0, 0.05) is 24.4 Å². The van der Waals surface area contributed by atoms with Gasteiger partial charge in [-0.3, -0.25) is 4.90 Å². The third kappa shape index (κ3) is 3.93. The van der Waals surface area contributed by atoms with Crippen LogP contribution in [0.4, 0.5) is 4.39 Å². The summed E-state index contributed by atoms with van der Waals surface area (Å²) in [5, 5.41) is 8.95. The second-order valence-corrected chi connectivity index (χ2v) is 7.92. The average molecular weight is 420 g/mol. The minimum atomic E-state index is -0.409. The van der Waals surface area contributed by atoms with Crippen molar-refractivity contribution >= 4 is 5.65 Å². The summed E-state index contributed by atoms with van der Waals surface area (Å²) in [6.07, 6.45) is 9.76. The Labute approximate surface area is 179 Å². The van der Waals surface area contributed by atoms with Gasteiger partial charge in [-0.1, -0.05) is 13.3 Å². The zero-order valence-corrected chi connectivity index (χ0v) is 17.6. The van der Waals surface area contributed by atoms with Crippen LogP contribution in [0.2, 0.25) is 0 Å². The first-order valence-corrected chi connectivity index (χ1v) is 10.8. The lowest BCUT2D eigenvalue weighted by Gasteiger charge is -2.11. The molecule has 0 aromatic carbocycles. The molecule has 4 aromatic heterocycles. The van der Waals surface area contributed by atoms with Crippen molar-refractivity contribution in [2.75, 3.05) is 13.1 Å². The van der Waals surface area contributed by atoms with Gasteiger partial charge in [0.2, 0.25) is 0 Å². The van der Waals surface area contributed by atoms with Gasteiger partial charge in [-0.2, -0.15) is 5.10 Å². The number of hydrogen-bond acceptors (Lipinski definition) is 6. The fraction of sp³-hybridized carbons (Fsp3) is 0.409. The summed E-state index contributed by atoms with van der Waals surface area (Å²) in [6, 6.07) is 4.83. The van der Waals surface area contributed by atoms with Crippen molar-refractivity contribution in [3.63, 3.8) is 0 Å². The first-order chi connectivity index (χ1) is 15.2. The zero-order valence-electron chi connectivity index (χ0n) is 17.6. The molecule has 4 aromatic rings. The molecule has 0 unspecified atom stereocenters. The molecule has 5 rings (SSSR count). The van der Waals surface area contributed by atoms with Crippen molar-refractivity contribution in [2.24, 2.45) is 0 Å². The standard InChI is InChI=1S/C22H25FN8/c1-2-6-17-19(13-16-8-10-26-31(16)22-18(23)7-5-9-24-22)25-15-30-21(17)27-20(28-30)14-29-11-3-4-12-29/h5,7-10,15H,2-4,6,11-14H2,1H3. The molecule has 0 bridgehead atoms. The Kier molecular flexibility index (Phi) is 5.42. The molecule has 1 aliphatic heterocycles. The molecule has 31 heavy (non-hydrogen) atoms. The predicted octanol–water partition coefficient (Wildman–Crippen LogP) is 2.98. The molecule has 0 saturated carbocycles. The van der Waals surface area contributed by atoms with E-state index in [-0.39, 0.29) is 5.82 Å². The zero-order chi connectivity index (χ0) is 21.2. The Hall–Kier alpha value is -3.20. The second kappa shape index (κ2) is 8.50. The Morgan fingerprint density at radius 1 is 1.10 bits per heavy atom. The maximum absolute atomic E-state index is 14.3. The fourth-order valence-corrected chi connectivity index (χ4v) is 4.21. The molecular weight excluding hydrogens is 395 g/mol. The molecule has 0 radical (unpaired) electrons. The van der Waals surface area contributed by atoms with Crippen molar-refractivity contribution in [3.8, 4) is 5.82 Å². The molecule has 8 nitrogen and oxygen atoms in total. The molecule has 0 N–H and O–H groups in total. The predicted molar refractivity (Wildman–Crippen MR) is 113 cm³/mol. The van der Waals surface area contributed by atoms with E-state index in [9.17, 15) is 4.39 Å². The Balaban J connectivity index is 1.49. The SMILES string of the molecule is CCCc1c(Cc2ccnn2-c2ncccc2F)ncn2nc(CN3CCCC3)nc12. The van der Waals surface area contributed by atoms with Gasteiger partial charge in [0.05, 0.1) is 17.9 Å². The molecule has 1 fully saturated rings. The molecule has 160 valence electrons. The number of likely N-dealkylation sites (tertiary alicyclic amines) is 1. The van der Waals surface area contributed by atoms with Gasteiger partial charge in [0.1, 0.15) is 6.33 Å². The minimum absolute atomic E-state index is 0.191. The van der Waals surface area contributed by atoms with Crippen molar-refractivity contribution < 1.29 is 4.39 Å². The number of fused-ring (bicyclic) bond motifs is 1.